The van der Waals surface area contributed by atoms with E-state index in [1.807, 2.05) is 0 Å². The van der Waals surface area contributed by atoms with Gasteiger partial charge in [0.2, 0.25) is 0 Å². The first kappa shape index (κ1) is 23.5. The van der Waals surface area contributed by atoms with Crippen molar-refractivity contribution in [1.82, 2.24) is 5.06 Å². The molecule has 1 heterocycles. The number of carbonyl (C=O) groups is 5. The molecule has 10 heteroatoms. The van der Waals surface area contributed by atoms with Gasteiger partial charge in [0.1, 0.15) is 16.7 Å². The van der Waals surface area contributed by atoms with Crippen LogP contribution in [0.4, 0.5) is 0 Å². The lowest BCUT2D eigenvalue weighted by Crippen LogP contribution is -2.55. The number of nitrogens with zero attached hydrogens (tertiary/aromatic N) is 1. The summed E-state index contributed by atoms with van der Waals surface area (Å²) in [6.45, 7) is 9.73. The van der Waals surface area contributed by atoms with Gasteiger partial charge in [0.25, 0.3) is 11.8 Å². The molecule has 0 aromatic carbocycles. The van der Waals surface area contributed by atoms with Crippen molar-refractivity contribution >= 4 is 29.7 Å². The van der Waals surface area contributed by atoms with Crippen LogP contribution in [0.1, 0.15) is 67.2 Å². The fraction of sp³-hybridized carbons (Fsp3) is 0.722. The van der Waals surface area contributed by atoms with Gasteiger partial charge in [-0.3, -0.25) is 19.2 Å². The third-order valence-corrected chi connectivity index (χ3v) is 3.35. The van der Waals surface area contributed by atoms with Gasteiger partial charge in [0, 0.05) is 12.8 Å². The molecule has 0 aromatic rings. The van der Waals surface area contributed by atoms with Crippen LogP contribution in [-0.4, -0.2) is 51.5 Å². The van der Waals surface area contributed by atoms with Gasteiger partial charge in [0.05, 0.1) is 12.8 Å². The maximum atomic E-state index is 12.6. The summed E-state index contributed by atoms with van der Waals surface area (Å²) in [6, 6.07) is 0. The van der Waals surface area contributed by atoms with Crippen LogP contribution in [0, 0.1) is 0 Å². The SMILES string of the molecule is CC(C)(C)OC(=O)CC(N)(CC(=O)OC(C)(C)C)C(=O)ON1C(=O)CCC1=O. The average molecular weight is 400 g/mol. The van der Waals surface area contributed by atoms with Crippen LogP contribution < -0.4 is 5.73 Å². The second kappa shape index (κ2) is 8.26. The normalized spacial score (nSPS) is 15.5. The van der Waals surface area contributed by atoms with E-state index in [-0.39, 0.29) is 12.8 Å². The third kappa shape index (κ3) is 7.26. The van der Waals surface area contributed by atoms with Gasteiger partial charge < -0.3 is 20.0 Å². The highest BCUT2D eigenvalue weighted by Crippen LogP contribution is 2.23. The zero-order chi connectivity index (χ0) is 21.9. The van der Waals surface area contributed by atoms with Gasteiger partial charge in [-0.15, -0.1) is 5.06 Å². The molecule has 0 atom stereocenters. The van der Waals surface area contributed by atoms with Crippen molar-refractivity contribution in [3.05, 3.63) is 0 Å². The van der Waals surface area contributed by atoms with E-state index in [2.05, 4.69) is 0 Å². The molecular weight excluding hydrogens is 372 g/mol. The van der Waals surface area contributed by atoms with E-state index in [0.717, 1.165) is 0 Å². The maximum absolute atomic E-state index is 12.6. The van der Waals surface area contributed by atoms with Gasteiger partial charge >= 0.3 is 17.9 Å². The van der Waals surface area contributed by atoms with Crippen molar-refractivity contribution in [3.63, 3.8) is 0 Å². The summed E-state index contributed by atoms with van der Waals surface area (Å²) in [6.07, 6.45) is -1.64. The standard InChI is InChI=1S/C18H28N2O8/c1-16(2,3)26-13(23)9-18(19,10-14(24)27-17(4,5)6)15(25)28-20-11(21)7-8-12(20)22/h7-10,19H2,1-6H3. The Morgan fingerprint density at radius 2 is 1.21 bits per heavy atom. The van der Waals surface area contributed by atoms with Crippen LogP contribution in [0.3, 0.4) is 0 Å². The van der Waals surface area contributed by atoms with Crippen molar-refractivity contribution in [2.24, 2.45) is 5.73 Å². The Balaban J connectivity index is 3.02. The van der Waals surface area contributed by atoms with E-state index in [1.165, 1.54) is 0 Å². The Labute approximate surface area is 163 Å². The lowest BCUT2D eigenvalue weighted by molar-refractivity contribution is -0.203. The van der Waals surface area contributed by atoms with E-state index in [1.54, 1.807) is 41.5 Å². The fourth-order valence-electron chi connectivity index (χ4n) is 2.31. The van der Waals surface area contributed by atoms with Crippen LogP contribution in [0.15, 0.2) is 0 Å². The Bertz CT molecular complexity index is 626. The fourth-order valence-corrected chi connectivity index (χ4v) is 2.31. The quantitative estimate of drug-likeness (QED) is 0.505. The lowest BCUT2D eigenvalue weighted by atomic mass is 9.92. The molecule has 0 saturated carbocycles. The molecule has 0 spiro atoms. The number of carbonyl (C=O) groups excluding carboxylic acids is 5. The molecular formula is C18H28N2O8. The third-order valence-electron chi connectivity index (χ3n) is 3.35. The van der Waals surface area contributed by atoms with E-state index < -0.39 is 59.3 Å². The molecule has 0 unspecified atom stereocenters. The number of amides is 2. The van der Waals surface area contributed by atoms with Crippen molar-refractivity contribution in [1.29, 1.82) is 0 Å². The van der Waals surface area contributed by atoms with E-state index in [4.69, 9.17) is 20.0 Å². The highest BCUT2D eigenvalue weighted by molar-refractivity contribution is 6.02. The van der Waals surface area contributed by atoms with E-state index in [9.17, 15) is 24.0 Å². The number of esters is 2. The largest absolute Gasteiger partial charge is 0.460 e. The van der Waals surface area contributed by atoms with Crippen LogP contribution in [0.2, 0.25) is 0 Å². The molecule has 158 valence electrons. The van der Waals surface area contributed by atoms with Crippen molar-refractivity contribution in [2.45, 2.75) is 84.0 Å². The van der Waals surface area contributed by atoms with Crippen molar-refractivity contribution < 1.29 is 38.3 Å². The topological polar surface area (TPSA) is 142 Å². The molecule has 1 saturated heterocycles. The summed E-state index contributed by atoms with van der Waals surface area (Å²) in [5, 5.41) is 0.300. The molecule has 28 heavy (non-hydrogen) atoms. The summed E-state index contributed by atoms with van der Waals surface area (Å²) in [7, 11) is 0. The monoisotopic (exact) mass is 400 g/mol. The smallest absolute Gasteiger partial charge is 0.354 e. The minimum atomic E-state index is -2.19. The summed E-state index contributed by atoms with van der Waals surface area (Å²) in [4.78, 5) is 65.2. The molecule has 1 fully saturated rings. The molecule has 0 aliphatic carbocycles. The Hall–Kier alpha value is -2.49. The number of hydroxylamine groups is 2. The predicted molar refractivity (Wildman–Crippen MR) is 95.0 cm³/mol. The number of imide groups is 1. The van der Waals surface area contributed by atoms with Gasteiger partial charge in [-0.05, 0) is 41.5 Å². The van der Waals surface area contributed by atoms with E-state index >= 15 is 0 Å². The molecule has 0 bridgehead atoms. The molecule has 1 aliphatic rings. The minimum Gasteiger partial charge on any atom is -0.460 e. The minimum absolute atomic E-state index is 0.109. The summed E-state index contributed by atoms with van der Waals surface area (Å²) < 4.78 is 10.3. The molecule has 10 nitrogen and oxygen atoms in total. The predicted octanol–water partition coefficient (Wildman–Crippen LogP) is 0.755. The van der Waals surface area contributed by atoms with Crippen molar-refractivity contribution in [2.75, 3.05) is 0 Å². The number of nitrogens with two attached hydrogens (primary N) is 1. The summed E-state index contributed by atoms with van der Waals surface area (Å²) in [5.74, 6) is -4.41. The first-order valence-corrected chi connectivity index (χ1v) is 8.83. The zero-order valence-corrected chi connectivity index (χ0v) is 17.1. The zero-order valence-electron chi connectivity index (χ0n) is 17.1. The van der Waals surface area contributed by atoms with E-state index in [0.29, 0.717) is 5.06 Å². The van der Waals surface area contributed by atoms with Crippen LogP contribution in [0.25, 0.3) is 0 Å². The number of ether oxygens (including phenoxy) is 2. The lowest BCUT2D eigenvalue weighted by Gasteiger charge is -2.29. The molecule has 1 aliphatic heterocycles. The van der Waals surface area contributed by atoms with Crippen LogP contribution in [-0.2, 0) is 38.3 Å². The highest BCUT2D eigenvalue weighted by Gasteiger charge is 2.46. The summed E-state index contributed by atoms with van der Waals surface area (Å²) in [5.41, 5.74) is 2.13. The van der Waals surface area contributed by atoms with Gasteiger partial charge in [-0.1, -0.05) is 0 Å². The first-order chi connectivity index (χ1) is 12.5. The Morgan fingerprint density at radius 3 is 1.54 bits per heavy atom. The average Bonchev–Trinajstić information content (AvgIpc) is 2.74. The van der Waals surface area contributed by atoms with Crippen LogP contribution in [0.5, 0.6) is 0 Å². The number of hydrogen-bond acceptors (Lipinski definition) is 9. The summed E-state index contributed by atoms with van der Waals surface area (Å²) >= 11 is 0. The van der Waals surface area contributed by atoms with Crippen molar-refractivity contribution in [3.8, 4) is 0 Å². The van der Waals surface area contributed by atoms with Gasteiger partial charge in [0.15, 0.2) is 0 Å². The van der Waals surface area contributed by atoms with Gasteiger partial charge in [-0.25, -0.2) is 4.79 Å². The maximum Gasteiger partial charge on any atom is 0.354 e. The number of hydrogen-bond donors (Lipinski definition) is 1. The number of rotatable bonds is 6. The molecule has 1 rings (SSSR count). The second-order valence-electron chi connectivity index (χ2n) is 8.64. The second-order valence-corrected chi connectivity index (χ2v) is 8.64. The molecule has 0 radical (unpaired) electrons. The highest BCUT2D eigenvalue weighted by atomic mass is 16.7. The first-order valence-electron chi connectivity index (χ1n) is 8.83. The van der Waals surface area contributed by atoms with Gasteiger partial charge in [-0.2, -0.15) is 0 Å². The molecule has 2 amide bonds. The molecule has 2 N–H and O–H groups in total. The Morgan fingerprint density at radius 1 is 0.857 bits per heavy atom. The molecule has 0 aromatic heterocycles. The van der Waals surface area contributed by atoms with Crippen LogP contribution >= 0.6 is 0 Å². The Kier molecular flexibility index (Phi) is 6.94.